The number of carbonyl (C=O) groups is 1. The number of hydrogen-bond donors (Lipinski definition) is 1. The second kappa shape index (κ2) is 8.30. The van der Waals surface area contributed by atoms with Crippen molar-refractivity contribution < 1.29 is 22.7 Å². The third-order valence-corrected chi connectivity index (χ3v) is 4.25. The Kier molecular flexibility index (Phi) is 5.85. The molecule has 1 aliphatic heterocycles. The van der Waals surface area contributed by atoms with Gasteiger partial charge in [0, 0.05) is 18.7 Å². The highest BCUT2D eigenvalue weighted by molar-refractivity contribution is 7.80. The van der Waals surface area contributed by atoms with Gasteiger partial charge in [0.05, 0.1) is 0 Å². The minimum absolute atomic E-state index is 0.0336. The van der Waals surface area contributed by atoms with Crippen LogP contribution in [0.25, 0.3) is 6.08 Å². The predicted molar refractivity (Wildman–Crippen MR) is 99.7 cm³/mol. The number of amides is 1. The van der Waals surface area contributed by atoms with Crippen LogP contribution in [-0.2, 0) is 11.4 Å². The first-order valence-electron chi connectivity index (χ1n) is 8.49. The monoisotopic (exact) mass is 392 g/mol. The van der Waals surface area contributed by atoms with E-state index in [9.17, 15) is 13.6 Å². The van der Waals surface area contributed by atoms with Gasteiger partial charge < -0.3 is 14.5 Å². The number of hydrogen-bond acceptors (Lipinski definition) is 4. The maximum Gasteiger partial charge on any atom is 0.276 e. The zero-order chi connectivity index (χ0) is 19.4. The molecule has 1 fully saturated rings. The number of nitrogens with one attached hydrogen (secondary N) is 1. The first-order chi connectivity index (χ1) is 13.0. The standard InChI is InChI=1S/C19H18F2N2O3S/c1-2-3-8-23-18(24)16(22-19(23)27)10-13-5-6-14(26-13)11-25-17-7-4-12(20)9-15(17)21/h4-7,9-10H,2-3,8,11H2,1H3,(H,22,27)/b16-10+. The Balaban J connectivity index is 1.64. The van der Waals surface area contributed by atoms with E-state index in [4.69, 9.17) is 21.4 Å². The van der Waals surface area contributed by atoms with Gasteiger partial charge in [0.25, 0.3) is 5.91 Å². The van der Waals surface area contributed by atoms with Crippen LogP contribution in [0.4, 0.5) is 8.78 Å². The van der Waals surface area contributed by atoms with E-state index in [1.807, 2.05) is 6.92 Å². The van der Waals surface area contributed by atoms with Crippen molar-refractivity contribution in [1.29, 1.82) is 0 Å². The van der Waals surface area contributed by atoms with Gasteiger partial charge in [-0.15, -0.1) is 0 Å². The van der Waals surface area contributed by atoms with Crippen LogP contribution in [0.5, 0.6) is 5.75 Å². The average Bonchev–Trinajstić information content (AvgIpc) is 3.18. The van der Waals surface area contributed by atoms with Crippen LogP contribution in [0.3, 0.4) is 0 Å². The highest BCUT2D eigenvalue weighted by atomic mass is 32.1. The van der Waals surface area contributed by atoms with Gasteiger partial charge in [-0.25, -0.2) is 8.78 Å². The third-order valence-electron chi connectivity index (χ3n) is 3.93. The number of thiocarbonyl (C=S) groups is 1. The summed E-state index contributed by atoms with van der Waals surface area (Å²) in [6.45, 7) is 2.57. The SMILES string of the molecule is CCCCN1C(=O)/C(=C\c2ccc(COc3ccc(F)cc3F)o2)NC1=S. The number of benzene rings is 1. The lowest BCUT2D eigenvalue weighted by molar-refractivity contribution is -0.122. The fourth-order valence-electron chi connectivity index (χ4n) is 2.52. The lowest BCUT2D eigenvalue weighted by atomic mass is 10.3. The number of unbranched alkanes of at least 4 members (excludes halogenated alkanes) is 1. The van der Waals surface area contributed by atoms with E-state index in [0.717, 1.165) is 25.0 Å². The summed E-state index contributed by atoms with van der Waals surface area (Å²) in [4.78, 5) is 13.9. The molecule has 2 aromatic rings. The Labute approximate surface area is 160 Å². The highest BCUT2D eigenvalue weighted by Gasteiger charge is 2.30. The molecule has 1 aliphatic rings. The molecule has 5 nitrogen and oxygen atoms in total. The topological polar surface area (TPSA) is 54.7 Å². The maximum atomic E-state index is 13.6. The lowest BCUT2D eigenvalue weighted by Gasteiger charge is -2.12. The molecule has 27 heavy (non-hydrogen) atoms. The summed E-state index contributed by atoms with van der Waals surface area (Å²) < 4.78 is 37.3. The first kappa shape index (κ1) is 19.0. The van der Waals surface area contributed by atoms with Crippen molar-refractivity contribution in [3.63, 3.8) is 0 Å². The largest absolute Gasteiger partial charge is 0.483 e. The second-order valence-corrected chi connectivity index (χ2v) is 6.35. The third kappa shape index (κ3) is 4.51. The molecule has 0 radical (unpaired) electrons. The van der Waals surface area contributed by atoms with E-state index in [0.29, 0.717) is 28.9 Å². The quantitative estimate of drug-likeness (QED) is 0.570. The smallest absolute Gasteiger partial charge is 0.276 e. The summed E-state index contributed by atoms with van der Waals surface area (Å²) in [5, 5.41) is 3.26. The van der Waals surface area contributed by atoms with Gasteiger partial charge in [0.1, 0.15) is 29.6 Å². The van der Waals surface area contributed by atoms with Crippen LogP contribution >= 0.6 is 12.2 Å². The number of ether oxygens (including phenoxy) is 1. The first-order valence-corrected chi connectivity index (χ1v) is 8.90. The van der Waals surface area contributed by atoms with Crippen LogP contribution in [0.2, 0.25) is 0 Å². The molecule has 0 unspecified atom stereocenters. The minimum Gasteiger partial charge on any atom is -0.483 e. The van der Waals surface area contributed by atoms with Gasteiger partial charge >= 0.3 is 0 Å². The van der Waals surface area contributed by atoms with E-state index in [-0.39, 0.29) is 18.3 Å². The van der Waals surface area contributed by atoms with Crippen LogP contribution < -0.4 is 10.1 Å². The number of nitrogens with zero attached hydrogens (tertiary/aromatic N) is 1. The van der Waals surface area contributed by atoms with Crippen molar-refractivity contribution in [2.24, 2.45) is 0 Å². The summed E-state index contributed by atoms with van der Waals surface area (Å²) in [5.41, 5.74) is 0.336. The Morgan fingerprint density at radius 2 is 2.11 bits per heavy atom. The molecule has 0 bridgehead atoms. The molecule has 1 aromatic heterocycles. The fourth-order valence-corrected chi connectivity index (χ4v) is 2.81. The number of carbonyl (C=O) groups excluding carboxylic acids is 1. The van der Waals surface area contributed by atoms with Crippen LogP contribution in [0.15, 0.2) is 40.4 Å². The molecule has 1 N–H and O–H groups in total. The molecule has 1 amide bonds. The molecule has 0 spiro atoms. The minimum atomic E-state index is -0.787. The average molecular weight is 392 g/mol. The molecule has 2 heterocycles. The highest BCUT2D eigenvalue weighted by Crippen LogP contribution is 2.21. The van der Waals surface area contributed by atoms with Gasteiger partial charge in [-0.2, -0.15) is 0 Å². The van der Waals surface area contributed by atoms with Crippen molar-refractivity contribution in [3.8, 4) is 5.75 Å². The van der Waals surface area contributed by atoms with Crippen LogP contribution in [0, 0.1) is 11.6 Å². The Hall–Kier alpha value is -2.74. The Bertz CT molecular complexity index is 895. The van der Waals surface area contributed by atoms with Gasteiger partial charge in [0.2, 0.25) is 0 Å². The number of halogens is 2. The van der Waals surface area contributed by atoms with Gasteiger partial charge in [-0.3, -0.25) is 9.69 Å². The molecule has 142 valence electrons. The van der Waals surface area contributed by atoms with Crippen molar-refractivity contribution in [1.82, 2.24) is 10.2 Å². The van der Waals surface area contributed by atoms with E-state index < -0.39 is 11.6 Å². The zero-order valence-corrected chi connectivity index (χ0v) is 15.4. The van der Waals surface area contributed by atoms with Crippen LogP contribution in [-0.4, -0.2) is 22.5 Å². The van der Waals surface area contributed by atoms with Crippen molar-refractivity contribution in [3.05, 3.63) is 59.2 Å². The van der Waals surface area contributed by atoms with Gasteiger partial charge in [-0.05, 0) is 42.9 Å². The van der Waals surface area contributed by atoms with Crippen molar-refractivity contribution >= 4 is 29.3 Å². The molecule has 1 saturated heterocycles. The van der Waals surface area contributed by atoms with Crippen molar-refractivity contribution in [2.75, 3.05) is 6.54 Å². The van der Waals surface area contributed by atoms with E-state index >= 15 is 0 Å². The van der Waals surface area contributed by atoms with Gasteiger partial charge in [-0.1, -0.05) is 13.3 Å². The van der Waals surface area contributed by atoms with Crippen LogP contribution in [0.1, 0.15) is 31.3 Å². The second-order valence-electron chi connectivity index (χ2n) is 5.97. The Morgan fingerprint density at radius 1 is 1.30 bits per heavy atom. The molecule has 8 heteroatoms. The molecule has 0 aliphatic carbocycles. The fraction of sp³-hybridized carbons (Fsp3) is 0.263. The zero-order valence-electron chi connectivity index (χ0n) is 14.6. The summed E-state index contributed by atoms with van der Waals surface area (Å²) >= 11 is 5.19. The van der Waals surface area contributed by atoms with Gasteiger partial charge in [0.15, 0.2) is 16.7 Å². The lowest BCUT2D eigenvalue weighted by Crippen LogP contribution is -2.31. The molecule has 3 rings (SSSR count). The van der Waals surface area contributed by atoms with E-state index in [1.165, 1.54) is 11.0 Å². The summed E-state index contributed by atoms with van der Waals surface area (Å²) in [7, 11) is 0. The Morgan fingerprint density at radius 3 is 2.85 bits per heavy atom. The summed E-state index contributed by atoms with van der Waals surface area (Å²) in [6.07, 6.45) is 3.38. The summed E-state index contributed by atoms with van der Waals surface area (Å²) in [5.74, 6) is -0.865. The maximum absolute atomic E-state index is 13.6. The molecular weight excluding hydrogens is 374 g/mol. The van der Waals surface area contributed by atoms with E-state index in [2.05, 4.69) is 5.32 Å². The van der Waals surface area contributed by atoms with Crippen molar-refractivity contribution in [2.45, 2.75) is 26.4 Å². The summed E-state index contributed by atoms with van der Waals surface area (Å²) in [6, 6.07) is 6.39. The molecule has 0 saturated carbocycles. The molecular formula is C19H18F2N2O3S. The normalized spacial score (nSPS) is 15.5. The predicted octanol–water partition coefficient (Wildman–Crippen LogP) is 3.99. The molecule has 0 atom stereocenters. The number of rotatable bonds is 7. The molecule has 1 aromatic carbocycles. The number of furan rings is 1. The van der Waals surface area contributed by atoms with E-state index in [1.54, 1.807) is 18.2 Å².